The summed E-state index contributed by atoms with van der Waals surface area (Å²) in [6.45, 7) is 6.22. The van der Waals surface area contributed by atoms with Crippen LogP contribution in [-0.4, -0.2) is 37.4 Å². The summed E-state index contributed by atoms with van der Waals surface area (Å²) < 4.78 is 34.3. The number of nitrogens with zero attached hydrogens (tertiary/aromatic N) is 1. The number of nitrogens with one attached hydrogen (secondary N) is 2. The van der Waals surface area contributed by atoms with Gasteiger partial charge in [0.25, 0.3) is 15.6 Å². The molecule has 4 rings (SSSR count). The number of piperidine rings is 1. The van der Waals surface area contributed by atoms with E-state index in [2.05, 4.69) is 26.7 Å². The van der Waals surface area contributed by atoms with E-state index < -0.39 is 10.0 Å². The third-order valence-corrected chi connectivity index (χ3v) is 7.36. The number of rotatable bonds is 7. The van der Waals surface area contributed by atoms with Crippen molar-refractivity contribution in [1.29, 1.82) is 0 Å². The molecule has 1 aromatic carbocycles. The zero-order chi connectivity index (χ0) is 22.7. The summed E-state index contributed by atoms with van der Waals surface area (Å²) in [7, 11) is -3.77. The maximum absolute atomic E-state index is 12.9. The Morgan fingerprint density at radius 2 is 1.84 bits per heavy atom. The van der Waals surface area contributed by atoms with E-state index in [9.17, 15) is 13.2 Å². The lowest BCUT2D eigenvalue weighted by Gasteiger charge is -2.32. The molecule has 3 aromatic rings. The minimum Gasteiger partial charge on any atom is -0.443 e. The molecule has 1 fully saturated rings. The van der Waals surface area contributed by atoms with Gasteiger partial charge in [0, 0.05) is 42.5 Å². The lowest BCUT2D eigenvalue weighted by molar-refractivity contribution is 0.199. The molecule has 170 valence electrons. The molecule has 1 saturated heterocycles. The van der Waals surface area contributed by atoms with Crippen LogP contribution in [0, 0.1) is 6.92 Å². The summed E-state index contributed by atoms with van der Waals surface area (Å²) in [6, 6.07) is 15.0. The molecule has 2 N–H and O–H groups in total. The SMILES string of the molecule is CCc1cc(-c2ccc(S(=O)(=O)NC3CCN(Cc4ccccc4)CC3)o2)c(C)[nH]c1=O. The van der Waals surface area contributed by atoms with E-state index in [1.54, 1.807) is 19.1 Å². The summed E-state index contributed by atoms with van der Waals surface area (Å²) in [5, 5.41) is -0.108. The number of hydrogen-bond donors (Lipinski definition) is 2. The molecule has 2 aromatic heterocycles. The number of aromatic amines is 1. The number of likely N-dealkylation sites (tertiary alicyclic amines) is 1. The number of furan rings is 1. The van der Waals surface area contributed by atoms with Gasteiger partial charge >= 0.3 is 0 Å². The minimum absolute atomic E-state index is 0.108. The Kier molecular flexibility index (Phi) is 6.64. The highest BCUT2D eigenvalue weighted by molar-refractivity contribution is 7.89. The molecular formula is C24H29N3O4S. The minimum atomic E-state index is -3.77. The number of hydrogen-bond acceptors (Lipinski definition) is 5. The molecule has 32 heavy (non-hydrogen) atoms. The predicted octanol–water partition coefficient (Wildman–Crippen LogP) is 3.45. The molecule has 8 heteroatoms. The Balaban J connectivity index is 1.41. The van der Waals surface area contributed by atoms with Crippen LogP contribution < -0.4 is 10.3 Å². The van der Waals surface area contributed by atoms with Crippen LogP contribution in [0.4, 0.5) is 0 Å². The van der Waals surface area contributed by atoms with Gasteiger partial charge in [0.1, 0.15) is 5.76 Å². The van der Waals surface area contributed by atoms with Crippen LogP contribution in [0.15, 0.2) is 62.8 Å². The van der Waals surface area contributed by atoms with E-state index >= 15 is 0 Å². The molecule has 0 aliphatic carbocycles. The maximum atomic E-state index is 12.9. The zero-order valence-corrected chi connectivity index (χ0v) is 19.2. The average molecular weight is 456 g/mol. The van der Waals surface area contributed by atoms with E-state index in [0.29, 0.717) is 29.0 Å². The lowest BCUT2D eigenvalue weighted by atomic mass is 10.1. The van der Waals surface area contributed by atoms with Gasteiger partial charge in [-0.05, 0) is 49.9 Å². The van der Waals surface area contributed by atoms with Crippen molar-refractivity contribution < 1.29 is 12.8 Å². The molecule has 0 spiro atoms. The highest BCUT2D eigenvalue weighted by Gasteiger charge is 2.27. The first-order valence-electron chi connectivity index (χ1n) is 11.0. The van der Waals surface area contributed by atoms with Crippen LogP contribution in [0.5, 0.6) is 0 Å². The fourth-order valence-electron chi connectivity index (χ4n) is 4.12. The fourth-order valence-corrected chi connectivity index (χ4v) is 5.36. The summed E-state index contributed by atoms with van der Waals surface area (Å²) in [6.07, 6.45) is 2.08. The molecule has 0 unspecified atom stereocenters. The molecule has 0 bridgehead atoms. The van der Waals surface area contributed by atoms with Gasteiger partial charge in [-0.3, -0.25) is 9.69 Å². The number of H-pyrrole nitrogens is 1. The summed E-state index contributed by atoms with van der Waals surface area (Å²) in [5.74, 6) is 0.423. The number of sulfonamides is 1. The third kappa shape index (κ3) is 5.03. The van der Waals surface area contributed by atoms with Crippen LogP contribution >= 0.6 is 0 Å². The molecule has 0 amide bonds. The van der Waals surface area contributed by atoms with Crippen molar-refractivity contribution >= 4 is 10.0 Å². The first kappa shape index (κ1) is 22.5. The smallest absolute Gasteiger partial charge is 0.274 e. The van der Waals surface area contributed by atoms with Gasteiger partial charge in [0.15, 0.2) is 0 Å². The van der Waals surface area contributed by atoms with Crippen molar-refractivity contribution in [3.8, 4) is 11.3 Å². The summed E-state index contributed by atoms with van der Waals surface area (Å²) >= 11 is 0. The second kappa shape index (κ2) is 9.44. The van der Waals surface area contributed by atoms with Gasteiger partial charge in [0.05, 0.1) is 0 Å². The number of benzene rings is 1. The van der Waals surface area contributed by atoms with Crippen molar-refractivity contribution in [2.45, 2.75) is 50.8 Å². The van der Waals surface area contributed by atoms with Gasteiger partial charge in [-0.25, -0.2) is 13.1 Å². The van der Waals surface area contributed by atoms with Crippen LogP contribution in [0.25, 0.3) is 11.3 Å². The Morgan fingerprint density at radius 1 is 1.12 bits per heavy atom. The molecule has 1 aliphatic rings. The second-order valence-corrected chi connectivity index (χ2v) is 9.94. The van der Waals surface area contributed by atoms with Gasteiger partial charge in [-0.2, -0.15) is 0 Å². The third-order valence-electron chi connectivity index (χ3n) is 5.97. The van der Waals surface area contributed by atoms with E-state index in [1.165, 1.54) is 11.6 Å². The van der Waals surface area contributed by atoms with Gasteiger partial charge < -0.3 is 9.40 Å². The van der Waals surface area contributed by atoms with Crippen molar-refractivity contribution in [2.75, 3.05) is 13.1 Å². The number of pyridine rings is 1. The number of aryl methyl sites for hydroxylation is 2. The normalized spacial score (nSPS) is 15.8. The Hall–Kier alpha value is -2.68. The van der Waals surface area contributed by atoms with Crippen molar-refractivity contribution in [1.82, 2.24) is 14.6 Å². The molecule has 1 aliphatic heterocycles. The van der Waals surface area contributed by atoms with Crippen molar-refractivity contribution in [3.63, 3.8) is 0 Å². The highest BCUT2D eigenvalue weighted by atomic mass is 32.2. The Morgan fingerprint density at radius 3 is 2.53 bits per heavy atom. The first-order valence-corrected chi connectivity index (χ1v) is 12.5. The van der Waals surface area contributed by atoms with Gasteiger partial charge in [-0.1, -0.05) is 37.3 Å². The van der Waals surface area contributed by atoms with Crippen LogP contribution in [0.2, 0.25) is 0 Å². The molecule has 3 heterocycles. The van der Waals surface area contributed by atoms with Crippen LogP contribution in [0.3, 0.4) is 0 Å². The second-order valence-electron chi connectivity index (χ2n) is 8.29. The Bertz CT molecular complexity index is 1220. The summed E-state index contributed by atoms with van der Waals surface area (Å²) in [4.78, 5) is 17.1. The van der Waals surface area contributed by atoms with Crippen LogP contribution in [-0.2, 0) is 23.0 Å². The topological polar surface area (TPSA) is 95.4 Å². The maximum Gasteiger partial charge on any atom is 0.274 e. The predicted molar refractivity (Wildman–Crippen MR) is 124 cm³/mol. The standard InChI is InChI=1S/C24H29N3O4S/c1-3-19-15-21(17(2)25-24(19)28)22-9-10-23(31-22)32(29,30)26-20-11-13-27(14-12-20)16-18-7-5-4-6-8-18/h4-10,15,20,26H,3,11-14,16H2,1-2H3,(H,25,28). The Labute approximate surface area is 188 Å². The largest absolute Gasteiger partial charge is 0.443 e. The lowest BCUT2D eigenvalue weighted by Crippen LogP contribution is -2.44. The van der Waals surface area contributed by atoms with E-state index in [-0.39, 0.29) is 16.7 Å². The molecule has 0 radical (unpaired) electrons. The molecular weight excluding hydrogens is 426 g/mol. The van der Waals surface area contributed by atoms with E-state index in [0.717, 1.165) is 32.5 Å². The van der Waals surface area contributed by atoms with E-state index in [1.807, 2.05) is 25.1 Å². The van der Waals surface area contributed by atoms with E-state index in [4.69, 9.17) is 4.42 Å². The summed E-state index contributed by atoms with van der Waals surface area (Å²) in [5.41, 5.74) is 3.10. The quantitative estimate of drug-likeness (QED) is 0.569. The first-order chi connectivity index (χ1) is 15.4. The monoisotopic (exact) mass is 455 g/mol. The highest BCUT2D eigenvalue weighted by Crippen LogP contribution is 2.27. The molecule has 0 atom stereocenters. The zero-order valence-electron chi connectivity index (χ0n) is 18.4. The van der Waals surface area contributed by atoms with Gasteiger partial charge in [0.2, 0.25) is 5.09 Å². The number of aromatic nitrogens is 1. The molecule has 7 nitrogen and oxygen atoms in total. The fraction of sp³-hybridized carbons (Fsp3) is 0.375. The van der Waals surface area contributed by atoms with Crippen LogP contribution in [0.1, 0.15) is 36.6 Å². The van der Waals surface area contributed by atoms with Crippen molar-refractivity contribution in [3.05, 3.63) is 75.7 Å². The molecule has 0 saturated carbocycles. The average Bonchev–Trinajstić information content (AvgIpc) is 3.27. The van der Waals surface area contributed by atoms with Crippen molar-refractivity contribution in [2.24, 2.45) is 0 Å². The van der Waals surface area contributed by atoms with Gasteiger partial charge in [-0.15, -0.1) is 0 Å².